The smallest absolute Gasteiger partial charge is 0.326 e. The Morgan fingerprint density at radius 3 is 2.73 bits per heavy atom. The number of amides is 2. The van der Waals surface area contributed by atoms with Gasteiger partial charge in [-0.25, -0.2) is 4.79 Å². The molecule has 0 aromatic rings. The molecule has 1 saturated heterocycles. The number of carbonyl (C=O) groups excluding carboxylic acids is 2. The predicted molar refractivity (Wildman–Crippen MR) is 89.1 cm³/mol. The van der Waals surface area contributed by atoms with Crippen molar-refractivity contribution in [3.8, 4) is 0 Å². The van der Waals surface area contributed by atoms with Gasteiger partial charge in [-0.15, -0.1) is 0 Å². The van der Waals surface area contributed by atoms with Crippen molar-refractivity contribution >= 4 is 42.2 Å². The van der Waals surface area contributed by atoms with E-state index < -0.39 is 35.9 Å². The lowest BCUT2D eigenvalue weighted by atomic mass is 10.2. The molecule has 1 aliphatic rings. The average molecular weight is 349 g/mol. The quantitative estimate of drug-likeness (QED) is 0.442. The minimum atomic E-state index is -1.02. The van der Waals surface area contributed by atoms with Gasteiger partial charge in [0.2, 0.25) is 11.8 Å². The van der Waals surface area contributed by atoms with Crippen LogP contribution in [0.3, 0.4) is 0 Å². The summed E-state index contributed by atoms with van der Waals surface area (Å²) in [4.78, 5) is 36.9. The van der Waals surface area contributed by atoms with Gasteiger partial charge in [-0.2, -0.15) is 24.4 Å². The van der Waals surface area contributed by atoms with Gasteiger partial charge in [0.05, 0.1) is 6.04 Å². The Balaban J connectivity index is 2.64. The number of thioether (sulfide) groups is 1. The van der Waals surface area contributed by atoms with Crippen molar-refractivity contribution in [3.05, 3.63) is 0 Å². The Labute approximate surface area is 139 Å². The second kappa shape index (κ2) is 9.26. The lowest BCUT2D eigenvalue weighted by Crippen LogP contribution is -2.55. The number of nitrogens with two attached hydrogens (primary N) is 1. The molecule has 0 saturated carbocycles. The summed E-state index contributed by atoms with van der Waals surface area (Å²) in [5, 5.41) is 11.7. The molecule has 9 heteroatoms. The van der Waals surface area contributed by atoms with Gasteiger partial charge in [0.1, 0.15) is 12.1 Å². The third-order valence-electron chi connectivity index (χ3n) is 3.59. The number of aliphatic carboxylic acids is 1. The highest BCUT2D eigenvalue weighted by Crippen LogP contribution is 2.18. The number of nitrogens with one attached hydrogen (secondary N) is 1. The van der Waals surface area contributed by atoms with E-state index in [0.29, 0.717) is 25.8 Å². The largest absolute Gasteiger partial charge is 0.480 e. The molecule has 1 heterocycles. The maximum absolute atomic E-state index is 12.4. The molecule has 0 spiro atoms. The van der Waals surface area contributed by atoms with Gasteiger partial charge in [0.15, 0.2) is 0 Å². The Hall–Kier alpha value is -0.930. The molecule has 4 N–H and O–H groups in total. The Morgan fingerprint density at radius 1 is 1.50 bits per heavy atom. The van der Waals surface area contributed by atoms with Crippen LogP contribution >= 0.6 is 24.4 Å². The van der Waals surface area contributed by atoms with Crippen LogP contribution < -0.4 is 11.1 Å². The van der Waals surface area contributed by atoms with E-state index in [2.05, 4.69) is 17.9 Å². The van der Waals surface area contributed by atoms with E-state index in [1.54, 1.807) is 11.8 Å². The van der Waals surface area contributed by atoms with Crippen LogP contribution in [0.4, 0.5) is 0 Å². The summed E-state index contributed by atoms with van der Waals surface area (Å²) < 4.78 is 0. The standard InChI is InChI=1S/C13H23N3O4S2/c1-22-6-4-8(14)11(17)15-9(7-21)12(18)16-5-2-3-10(16)13(19)20/h8-10,21H,2-7,14H2,1H3,(H,15,17)(H,19,20). The first kappa shape index (κ1) is 19.1. The number of carbonyl (C=O) groups is 3. The number of nitrogens with zero attached hydrogens (tertiary/aromatic N) is 1. The molecule has 0 bridgehead atoms. The summed E-state index contributed by atoms with van der Waals surface area (Å²) in [6, 6.07) is -2.36. The maximum Gasteiger partial charge on any atom is 0.326 e. The fourth-order valence-electron chi connectivity index (χ4n) is 2.33. The van der Waals surface area contributed by atoms with E-state index in [0.717, 1.165) is 5.75 Å². The number of hydrogen-bond donors (Lipinski definition) is 4. The second-order valence-electron chi connectivity index (χ2n) is 5.16. The normalized spacial score (nSPS) is 20.5. The monoisotopic (exact) mass is 349 g/mol. The van der Waals surface area contributed by atoms with Crippen molar-refractivity contribution in [1.82, 2.24) is 10.2 Å². The molecule has 0 aliphatic carbocycles. The predicted octanol–water partition coefficient (Wildman–Crippen LogP) is -0.443. The topological polar surface area (TPSA) is 113 Å². The summed E-state index contributed by atoms with van der Waals surface area (Å²) in [6.45, 7) is 0.383. The van der Waals surface area contributed by atoms with Crippen LogP contribution in [-0.4, -0.2) is 70.2 Å². The molecule has 0 aromatic carbocycles. The number of likely N-dealkylation sites (tertiary alicyclic amines) is 1. The molecule has 0 aromatic heterocycles. The van der Waals surface area contributed by atoms with Crippen molar-refractivity contribution in [2.45, 2.75) is 37.4 Å². The van der Waals surface area contributed by atoms with Crippen molar-refractivity contribution in [1.29, 1.82) is 0 Å². The first-order valence-corrected chi connectivity index (χ1v) is 9.14. The summed E-state index contributed by atoms with van der Waals surface area (Å²) in [6.07, 6.45) is 3.51. The Morgan fingerprint density at radius 2 is 2.18 bits per heavy atom. The third-order valence-corrected chi connectivity index (χ3v) is 4.60. The zero-order valence-corrected chi connectivity index (χ0v) is 14.2. The molecule has 126 valence electrons. The highest BCUT2D eigenvalue weighted by atomic mass is 32.2. The minimum absolute atomic E-state index is 0.0999. The molecule has 0 radical (unpaired) electrons. The molecule has 3 unspecified atom stereocenters. The van der Waals surface area contributed by atoms with Crippen LogP contribution in [0.2, 0.25) is 0 Å². The number of hydrogen-bond acceptors (Lipinski definition) is 6. The van der Waals surface area contributed by atoms with Crippen molar-refractivity contribution in [3.63, 3.8) is 0 Å². The Kier molecular flexibility index (Phi) is 8.05. The van der Waals surface area contributed by atoms with Crippen molar-refractivity contribution in [2.24, 2.45) is 5.73 Å². The molecule has 2 amide bonds. The molecular formula is C13H23N3O4S2. The van der Waals surface area contributed by atoms with Crippen LogP contribution in [0.1, 0.15) is 19.3 Å². The van der Waals surface area contributed by atoms with E-state index >= 15 is 0 Å². The number of rotatable bonds is 8. The summed E-state index contributed by atoms with van der Waals surface area (Å²) in [5.74, 6) is -0.992. The van der Waals surface area contributed by atoms with Crippen LogP contribution in [-0.2, 0) is 14.4 Å². The summed E-state index contributed by atoms with van der Waals surface area (Å²) >= 11 is 5.67. The number of carboxylic acids is 1. The van der Waals surface area contributed by atoms with Gasteiger partial charge in [-0.3, -0.25) is 9.59 Å². The van der Waals surface area contributed by atoms with Crippen molar-refractivity contribution in [2.75, 3.05) is 24.3 Å². The molecule has 1 rings (SSSR count). The molecule has 1 aliphatic heterocycles. The van der Waals surface area contributed by atoms with Gasteiger partial charge < -0.3 is 21.1 Å². The highest BCUT2D eigenvalue weighted by Gasteiger charge is 2.37. The minimum Gasteiger partial charge on any atom is -0.480 e. The number of carboxylic acid groups (broad SMARTS) is 1. The number of thiol groups is 1. The zero-order valence-electron chi connectivity index (χ0n) is 12.5. The van der Waals surface area contributed by atoms with E-state index in [4.69, 9.17) is 10.8 Å². The SMILES string of the molecule is CSCCC(N)C(=O)NC(CS)C(=O)N1CCCC1C(=O)O. The Bertz CT molecular complexity index is 422. The fraction of sp³-hybridized carbons (Fsp3) is 0.769. The molecule has 3 atom stereocenters. The summed E-state index contributed by atoms with van der Waals surface area (Å²) in [5.41, 5.74) is 5.77. The molecule has 1 fully saturated rings. The van der Waals surface area contributed by atoms with Gasteiger partial charge in [0.25, 0.3) is 0 Å². The van der Waals surface area contributed by atoms with Gasteiger partial charge in [0, 0.05) is 12.3 Å². The average Bonchev–Trinajstić information content (AvgIpc) is 2.98. The molecular weight excluding hydrogens is 326 g/mol. The maximum atomic E-state index is 12.4. The van der Waals surface area contributed by atoms with E-state index in [1.165, 1.54) is 4.90 Å². The lowest BCUT2D eigenvalue weighted by Gasteiger charge is -2.27. The molecule has 22 heavy (non-hydrogen) atoms. The van der Waals surface area contributed by atoms with E-state index in [-0.39, 0.29) is 5.75 Å². The first-order chi connectivity index (χ1) is 10.4. The van der Waals surface area contributed by atoms with Gasteiger partial charge in [-0.05, 0) is 31.3 Å². The van der Waals surface area contributed by atoms with Crippen LogP contribution in [0, 0.1) is 0 Å². The van der Waals surface area contributed by atoms with Crippen molar-refractivity contribution < 1.29 is 19.5 Å². The third kappa shape index (κ3) is 5.06. The van der Waals surface area contributed by atoms with Gasteiger partial charge in [-0.1, -0.05) is 0 Å². The fourth-order valence-corrected chi connectivity index (χ4v) is 3.06. The lowest BCUT2D eigenvalue weighted by molar-refractivity contribution is -0.149. The van der Waals surface area contributed by atoms with Crippen LogP contribution in [0.5, 0.6) is 0 Å². The summed E-state index contributed by atoms with van der Waals surface area (Å²) in [7, 11) is 0. The van der Waals surface area contributed by atoms with E-state index in [1.807, 2.05) is 6.26 Å². The van der Waals surface area contributed by atoms with Gasteiger partial charge >= 0.3 is 5.97 Å². The van der Waals surface area contributed by atoms with Crippen LogP contribution in [0.25, 0.3) is 0 Å². The molecule has 7 nitrogen and oxygen atoms in total. The second-order valence-corrected chi connectivity index (χ2v) is 6.51. The first-order valence-electron chi connectivity index (χ1n) is 7.11. The van der Waals surface area contributed by atoms with Crippen LogP contribution in [0.15, 0.2) is 0 Å². The van der Waals surface area contributed by atoms with E-state index in [9.17, 15) is 14.4 Å². The highest BCUT2D eigenvalue weighted by molar-refractivity contribution is 7.98. The zero-order chi connectivity index (χ0) is 16.7.